The quantitative estimate of drug-likeness (QED) is 0.373. The molecule has 7 nitrogen and oxygen atoms in total. The van der Waals surface area contributed by atoms with E-state index in [1.165, 1.54) is 5.56 Å². The number of carbonyl (C=O) groups excluding carboxylic acids is 2. The monoisotopic (exact) mass is 489 g/mol. The number of ether oxygens (including phenoxy) is 2. The minimum atomic E-state index is -0.203. The first kappa shape index (κ1) is 25.4. The summed E-state index contributed by atoms with van der Waals surface area (Å²) in [6, 6.07) is 19.7. The lowest BCUT2D eigenvalue weighted by molar-refractivity contribution is -0.133. The van der Waals surface area contributed by atoms with Crippen molar-refractivity contribution in [2.75, 3.05) is 27.3 Å². The van der Waals surface area contributed by atoms with Gasteiger partial charge in [0, 0.05) is 42.7 Å². The molecule has 1 aromatic heterocycles. The van der Waals surface area contributed by atoms with Gasteiger partial charge < -0.3 is 23.8 Å². The number of rotatable bonds is 12. The van der Waals surface area contributed by atoms with E-state index in [1.807, 2.05) is 36.1 Å². The van der Waals surface area contributed by atoms with Gasteiger partial charge in [-0.1, -0.05) is 37.3 Å². The summed E-state index contributed by atoms with van der Waals surface area (Å²) in [5.41, 5.74) is 2.75. The third kappa shape index (κ3) is 6.27. The van der Waals surface area contributed by atoms with Crippen molar-refractivity contribution in [3.8, 4) is 11.5 Å². The Labute approximate surface area is 213 Å². The van der Waals surface area contributed by atoms with E-state index in [0.717, 1.165) is 31.5 Å². The lowest BCUT2D eigenvalue weighted by atomic mass is 10.1. The van der Waals surface area contributed by atoms with E-state index >= 15 is 0 Å². The first-order chi connectivity index (χ1) is 17.5. The van der Waals surface area contributed by atoms with E-state index in [0.29, 0.717) is 30.2 Å². The van der Waals surface area contributed by atoms with Crippen LogP contribution in [0.3, 0.4) is 0 Å². The van der Waals surface area contributed by atoms with Crippen LogP contribution in [0.4, 0.5) is 0 Å². The van der Waals surface area contributed by atoms with Gasteiger partial charge in [-0.25, -0.2) is 0 Å². The zero-order valence-electron chi connectivity index (χ0n) is 21.4. The summed E-state index contributed by atoms with van der Waals surface area (Å²) in [5.74, 6) is 0.853. The molecule has 0 atom stereocenters. The van der Waals surface area contributed by atoms with Crippen molar-refractivity contribution < 1.29 is 19.1 Å². The molecule has 0 unspecified atom stereocenters. The normalized spacial score (nSPS) is 12.8. The molecule has 0 N–H and O–H groups in total. The maximum absolute atomic E-state index is 13.6. The molecule has 1 fully saturated rings. The molecule has 0 saturated heterocycles. The Hall–Kier alpha value is -3.74. The lowest BCUT2D eigenvalue weighted by Crippen LogP contribution is -2.44. The minimum absolute atomic E-state index is 0.0263. The molecule has 2 amide bonds. The molecule has 3 aromatic rings. The fourth-order valence-corrected chi connectivity index (χ4v) is 4.40. The molecule has 1 heterocycles. The van der Waals surface area contributed by atoms with Crippen molar-refractivity contribution in [3.63, 3.8) is 0 Å². The molecule has 1 aliphatic carbocycles. The van der Waals surface area contributed by atoms with Crippen LogP contribution in [0, 0.1) is 0 Å². The molecule has 4 rings (SSSR count). The zero-order chi connectivity index (χ0) is 25.5. The van der Waals surface area contributed by atoms with Gasteiger partial charge in [-0.05, 0) is 49.1 Å². The van der Waals surface area contributed by atoms with Gasteiger partial charge in [0.05, 0.1) is 20.8 Å². The highest BCUT2D eigenvalue weighted by molar-refractivity contribution is 5.97. The molecule has 0 aliphatic heterocycles. The summed E-state index contributed by atoms with van der Waals surface area (Å²) >= 11 is 0. The van der Waals surface area contributed by atoms with Crippen LogP contribution in [0.25, 0.3) is 0 Å². The van der Waals surface area contributed by atoms with E-state index in [-0.39, 0.29) is 24.4 Å². The molecule has 190 valence electrons. The molecular formula is C29H35N3O4. The highest BCUT2D eigenvalue weighted by Crippen LogP contribution is 2.29. The molecule has 36 heavy (non-hydrogen) atoms. The Morgan fingerprint density at radius 2 is 1.67 bits per heavy atom. The first-order valence-corrected chi connectivity index (χ1v) is 12.5. The number of benzene rings is 2. The van der Waals surface area contributed by atoms with Crippen LogP contribution >= 0.6 is 0 Å². The van der Waals surface area contributed by atoms with Gasteiger partial charge in [-0.2, -0.15) is 0 Å². The van der Waals surface area contributed by atoms with Crippen LogP contribution in [0.1, 0.15) is 47.8 Å². The van der Waals surface area contributed by atoms with Crippen LogP contribution in [0.5, 0.6) is 11.5 Å². The van der Waals surface area contributed by atoms with Crippen molar-refractivity contribution >= 4 is 11.8 Å². The maximum atomic E-state index is 13.6. The second kappa shape index (κ2) is 11.8. The molecule has 2 aromatic carbocycles. The Balaban J connectivity index is 1.49. The molecule has 1 aliphatic rings. The summed E-state index contributed by atoms with van der Waals surface area (Å²) in [7, 11) is 3.11. The number of amides is 2. The Morgan fingerprint density at radius 3 is 2.28 bits per heavy atom. The van der Waals surface area contributed by atoms with Gasteiger partial charge in [0.2, 0.25) is 5.91 Å². The summed E-state index contributed by atoms with van der Waals surface area (Å²) in [6.07, 6.45) is 4.81. The Kier molecular flexibility index (Phi) is 8.31. The van der Waals surface area contributed by atoms with Gasteiger partial charge in [-0.15, -0.1) is 0 Å². The fourth-order valence-electron chi connectivity index (χ4n) is 4.40. The smallest absolute Gasteiger partial charge is 0.254 e. The number of carbonyl (C=O) groups is 2. The predicted octanol–water partition coefficient (Wildman–Crippen LogP) is 4.60. The van der Waals surface area contributed by atoms with Crippen molar-refractivity contribution in [3.05, 3.63) is 83.7 Å². The van der Waals surface area contributed by atoms with E-state index in [1.54, 1.807) is 37.3 Å². The molecule has 7 heteroatoms. The molecular weight excluding hydrogens is 454 g/mol. The number of aromatic nitrogens is 1. The average Bonchev–Trinajstić information content (AvgIpc) is 3.66. The molecule has 1 saturated carbocycles. The summed E-state index contributed by atoms with van der Waals surface area (Å²) in [4.78, 5) is 30.6. The largest absolute Gasteiger partial charge is 0.497 e. The number of hydrogen-bond acceptors (Lipinski definition) is 4. The first-order valence-electron chi connectivity index (χ1n) is 12.5. The van der Waals surface area contributed by atoms with Gasteiger partial charge in [0.1, 0.15) is 18.0 Å². The topological polar surface area (TPSA) is 64.0 Å². The van der Waals surface area contributed by atoms with E-state index in [4.69, 9.17) is 9.47 Å². The van der Waals surface area contributed by atoms with Gasteiger partial charge in [0.25, 0.3) is 5.91 Å². The van der Waals surface area contributed by atoms with E-state index in [2.05, 4.69) is 29.0 Å². The van der Waals surface area contributed by atoms with E-state index in [9.17, 15) is 9.59 Å². The maximum Gasteiger partial charge on any atom is 0.254 e. The highest BCUT2D eigenvalue weighted by Gasteiger charge is 2.34. The van der Waals surface area contributed by atoms with Crippen LogP contribution < -0.4 is 9.47 Å². The SMILES string of the molecule is CCCN(CC(=O)N(Cc1cccn1Cc1ccccc1)C1CC1)C(=O)c1cc(OC)cc(OC)c1. The lowest BCUT2D eigenvalue weighted by Gasteiger charge is -2.28. The van der Waals surface area contributed by atoms with Crippen molar-refractivity contribution in [2.45, 2.75) is 45.3 Å². The van der Waals surface area contributed by atoms with Gasteiger partial charge >= 0.3 is 0 Å². The van der Waals surface area contributed by atoms with Crippen molar-refractivity contribution in [1.82, 2.24) is 14.4 Å². The third-order valence-corrected chi connectivity index (χ3v) is 6.46. The predicted molar refractivity (Wildman–Crippen MR) is 139 cm³/mol. The van der Waals surface area contributed by atoms with Crippen molar-refractivity contribution in [1.29, 1.82) is 0 Å². The summed E-state index contributed by atoms with van der Waals surface area (Å²) < 4.78 is 12.9. The average molecular weight is 490 g/mol. The second-order valence-electron chi connectivity index (χ2n) is 9.19. The zero-order valence-corrected chi connectivity index (χ0v) is 21.4. The van der Waals surface area contributed by atoms with E-state index < -0.39 is 0 Å². The van der Waals surface area contributed by atoms with Gasteiger partial charge in [0.15, 0.2) is 0 Å². The standard InChI is InChI=1S/C29H35N3O4/c1-4-14-31(29(34)23-16-26(35-2)18-27(17-23)36-3)21-28(33)32(24-12-13-24)20-25-11-8-15-30(25)19-22-9-6-5-7-10-22/h5-11,15-18,24H,4,12-14,19-21H2,1-3H3. The van der Waals surface area contributed by atoms with Crippen LogP contribution in [-0.2, 0) is 17.9 Å². The fraction of sp³-hybridized carbons (Fsp3) is 0.379. The van der Waals surface area contributed by atoms with Crippen LogP contribution in [0.15, 0.2) is 66.9 Å². The number of hydrogen-bond donors (Lipinski definition) is 0. The minimum Gasteiger partial charge on any atom is -0.497 e. The molecule has 0 bridgehead atoms. The second-order valence-corrected chi connectivity index (χ2v) is 9.19. The van der Waals surface area contributed by atoms with Gasteiger partial charge in [-0.3, -0.25) is 9.59 Å². The Bertz CT molecular complexity index is 1150. The van der Waals surface area contributed by atoms with Crippen LogP contribution in [0.2, 0.25) is 0 Å². The van der Waals surface area contributed by atoms with Crippen molar-refractivity contribution in [2.24, 2.45) is 0 Å². The number of methoxy groups -OCH3 is 2. The highest BCUT2D eigenvalue weighted by atomic mass is 16.5. The molecule has 0 spiro atoms. The number of nitrogens with zero attached hydrogens (tertiary/aromatic N) is 3. The summed E-state index contributed by atoms with van der Waals surface area (Å²) in [6.45, 7) is 3.83. The summed E-state index contributed by atoms with van der Waals surface area (Å²) in [5, 5.41) is 0. The third-order valence-electron chi connectivity index (χ3n) is 6.46. The van der Waals surface area contributed by atoms with Crippen LogP contribution in [-0.4, -0.2) is 59.5 Å². The Morgan fingerprint density at radius 1 is 0.972 bits per heavy atom. The molecule has 0 radical (unpaired) electrons.